The van der Waals surface area contributed by atoms with Crippen LogP contribution >= 0.6 is 23.2 Å². The van der Waals surface area contributed by atoms with Crippen molar-refractivity contribution in [1.82, 2.24) is 0 Å². The van der Waals surface area contributed by atoms with Gasteiger partial charge in [0.25, 0.3) is 8.32 Å². The van der Waals surface area contributed by atoms with Gasteiger partial charge in [0.05, 0.1) is 5.88 Å². The molecule has 2 aromatic carbocycles. The Morgan fingerprint density at radius 1 is 1.04 bits per heavy atom. The molecule has 0 saturated carbocycles. The molecular formula is C22H26Cl2O3Si. The van der Waals surface area contributed by atoms with E-state index in [2.05, 4.69) is 33.9 Å². The lowest BCUT2D eigenvalue weighted by atomic mass is 10.1. The molecule has 0 aliphatic rings. The van der Waals surface area contributed by atoms with Crippen LogP contribution in [0.15, 0.2) is 46.9 Å². The Labute approximate surface area is 177 Å². The minimum atomic E-state index is -2.12. The number of rotatable bonds is 6. The summed E-state index contributed by atoms with van der Waals surface area (Å²) >= 11 is 11.9. The zero-order valence-electron chi connectivity index (χ0n) is 16.9. The number of furan rings is 1. The quantitative estimate of drug-likeness (QED) is 0.292. The molecule has 0 unspecified atom stereocenters. The topological polar surface area (TPSA) is 31.6 Å². The number of fused-ring (bicyclic) bond motifs is 1. The van der Waals surface area contributed by atoms with Crippen molar-refractivity contribution in [3.63, 3.8) is 0 Å². The molecule has 0 atom stereocenters. The second kappa shape index (κ2) is 8.01. The first kappa shape index (κ1) is 21.1. The second-order valence-electron chi connectivity index (χ2n) is 8.30. The first-order chi connectivity index (χ1) is 13.1. The summed E-state index contributed by atoms with van der Waals surface area (Å²) in [6.07, 6.45) is 0. The lowest BCUT2D eigenvalue weighted by molar-refractivity contribution is 0.346. The van der Waals surface area contributed by atoms with Gasteiger partial charge in [-0.3, -0.25) is 0 Å². The van der Waals surface area contributed by atoms with Crippen LogP contribution in [-0.4, -0.2) is 20.8 Å². The zero-order chi connectivity index (χ0) is 20.5. The third kappa shape index (κ3) is 4.19. The average molecular weight is 437 g/mol. The lowest BCUT2D eigenvalue weighted by Gasteiger charge is -2.36. The van der Waals surface area contributed by atoms with Crippen LogP contribution in [0.2, 0.25) is 23.2 Å². The average Bonchev–Trinajstić information content (AvgIpc) is 2.98. The Morgan fingerprint density at radius 3 is 2.32 bits per heavy atom. The Hall–Kier alpha value is -1.62. The number of alkyl halides is 1. The van der Waals surface area contributed by atoms with Gasteiger partial charge in [-0.25, -0.2) is 0 Å². The molecule has 0 spiro atoms. The van der Waals surface area contributed by atoms with E-state index in [1.54, 1.807) is 0 Å². The fourth-order valence-electron chi connectivity index (χ4n) is 2.66. The molecule has 0 saturated heterocycles. The van der Waals surface area contributed by atoms with Crippen LogP contribution in [0.4, 0.5) is 0 Å². The molecule has 0 amide bonds. The Bertz CT molecular complexity index is 956. The van der Waals surface area contributed by atoms with Gasteiger partial charge in [-0.15, -0.1) is 11.6 Å². The summed E-state index contributed by atoms with van der Waals surface area (Å²) in [5, 5.41) is 1.57. The fourth-order valence-corrected chi connectivity index (χ4v) is 3.87. The van der Waals surface area contributed by atoms with Crippen LogP contribution in [0.3, 0.4) is 0 Å². The van der Waals surface area contributed by atoms with Crippen molar-refractivity contribution in [2.75, 3.05) is 12.5 Å². The Balaban J connectivity index is 2.23. The van der Waals surface area contributed by atoms with Crippen LogP contribution in [0.5, 0.6) is 11.5 Å². The predicted molar refractivity (Wildman–Crippen MR) is 121 cm³/mol. The first-order valence-corrected chi connectivity index (χ1v) is 13.2. The molecule has 1 heterocycles. The molecule has 28 heavy (non-hydrogen) atoms. The van der Waals surface area contributed by atoms with Gasteiger partial charge < -0.3 is 13.6 Å². The van der Waals surface area contributed by atoms with Crippen molar-refractivity contribution < 1.29 is 13.6 Å². The molecule has 0 aliphatic heterocycles. The van der Waals surface area contributed by atoms with E-state index in [-0.39, 0.29) is 5.04 Å². The normalized spacial score (nSPS) is 12.4. The van der Waals surface area contributed by atoms with Crippen LogP contribution in [0, 0.1) is 0 Å². The smallest absolute Gasteiger partial charge is 0.250 e. The van der Waals surface area contributed by atoms with E-state index in [0.717, 1.165) is 28.0 Å². The van der Waals surface area contributed by atoms with Gasteiger partial charge in [0.15, 0.2) is 11.5 Å². The third-order valence-electron chi connectivity index (χ3n) is 5.24. The van der Waals surface area contributed by atoms with Crippen LogP contribution < -0.4 is 9.16 Å². The molecule has 3 nitrogen and oxygen atoms in total. The van der Waals surface area contributed by atoms with E-state index in [1.165, 1.54) is 0 Å². The lowest BCUT2D eigenvalue weighted by Crippen LogP contribution is -2.43. The maximum Gasteiger partial charge on any atom is 0.250 e. The molecule has 0 radical (unpaired) electrons. The van der Waals surface area contributed by atoms with Crippen molar-refractivity contribution >= 4 is 42.5 Å². The zero-order valence-corrected chi connectivity index (χ0v) is 19.4. The van der Waals surface area contributed by atoms with Crippen LogP contribution in [-0.2, 0) is 0 Å². The van der Waals surface area contributed by atoms with E-state index in [9.17, 15) is 0 Å². The van der Waals surface area contributed by atoms with E-state index < -0.39 is 8.32 Å². The van der Waals surface area contributed by atoms with E-state index in [0.29, 0.717) is 23.3 Å². The van der Waals surface area contributed by atoms with Crippen molar-refractivity contribution in [2.24, 2.45) is 0 Å². The molecule has 0 fully saturated rings. The molecule has 3 rings (SSSR count). The minimum absolute atomic E-state index is 0.0415. The second-order valence-corrected chi connectivity index (χ2v) is 13.8. The van der Waals surface area contributed by atoms with Crippen LogP contribution in [0.1, 0.15) is 20.8 Å². The SMILES string of the molecule is CC(C)(C)[Si](C)(C)Oc1c(-c2ccc(Cl)cc2)oc2cccc(OCCCl)c12. The number of hydrogen-bond donors (Lipinski definition) is 0. The highest BCUT2D eigenvalue weighted by Crippen LogP contribution is 2.48. The highest BCUT2D eigenvalue weighted by Gasteiger charge is 2.40. The number of hydrogen-bond acceptors (Lipinski definition) is 3. The summed E-state index contributed by atoms with van der Waals surface area (Å²) in [5.74, 6) is 2.56. The molecule has 150 valence electrons. The summed E-state index contributed by atoms with van der Waals surface area (Å²) in [7, 11) is -2.12. The van der Waals surface area contributed by atoms with Gasteiger partial charge in [0.1, 0.15) is 23.3 Å². The summed E-state index contributed by atoms with van der Waals surface area (Å²) in [6.45, 7) is 11.5. The van der Waals surface area contributed by atoms with Gasteiger partial charge in [0.2, 0.25) is 0 Å². The molecule has 6 heteroatoms. The minimum Gasteiger partial charge on any atom is -0.540 e. The van der Waals surface area contributed by atoms with Crippen molar-refractivity contribution in [3.05, 3.63) is 47.5 Å². The van der Waals surface area contributed by atoms with Crippen molar-refractivity contribution in [3.8, 4) is 22.8 Å². The molecule has 3 aromatic rings. The number of ether oxygens (including phenoxy) is 1. The summed E-state index contributed by atoms with van der Waals surface area (Å²) in [6, 6.07) is 13.4. The van der Waals surface area contributed by atoms with Gasteiger partial charge in [-0.05, 0) is 54.5 Å². The Kier molecular flexibility index (Phi) is 6.04. The summed E-state index contributed by atoms with van der Waals surface area (Å²) < 4.78 is 18.9. The van der Waals surface area contributed by atoms with Crippen LogP contribution in [0.25, 0.3) is 22.3 Å². The predicted octanol–water partition coefficient (Wildman–Crippen LogP) is 7.75. The van der Waals surface area contributed by atoms with Crippen molar-refractivity contribution in [1.29, 1.82) is 0 Å². The summed E-state index contributed by atoms with van der Waals surface area (Å²) in [4.78, 5) is 0. The molecule has 0 N–H and O–H groups in total. The largest absolute Gasteiger partial charge is 0.540 e. The number of halogens is 2. The number of benzene rings is 2. The van der Waals surface area contributed by atoms with Gasteiger partial charge in [0, 0.05) is 10.6 Å². The van der Waals surface area contributed by atoms with E-state index in [1.807, 2.05) is 42.5 Å². The molecule has 1 aromatic heterocycles. The third-order valence-corrected chi connectivity index (χ3v) is 9.97. The first-order valence-electron chi connectivity index (χ1n) is 9.33. The highest BCUT2D eigenvalue weighted by atomic mass is 35.5. The van der Waals surface area contributed by atoms with Crippen molar-refractivity contribution in [2.45, 2.75) is 38.9 Å². The van der Waals surface area contributed by atoms with E-state index in [4.69, 9.17) is 36.8 Å². The molecule has 0 bridgehead atoms. The Morgan fingerprint density at radius 2 is 1.71 bits per heavy atom. The molecular weight excluding hydrogens is 411 g/mol. The van der Waals surface area contributed by atoms with Gasteiger partial charge in [-0.1, -0.05) is 38.4 Å². The monoisotopic (exact) mass is 436 g/mol. The van der Waals surface area contributed by atoms with E-state index >= 15 is 0 Å². The van der Waals surface area contributed by atoms with Gasteiger partial charge >= 0.3 is 0 Å². The fraction of sp³-hybridized carbons (Fsp3) is 0.364. The maximum atomic E-state index is 6.76. The molecule has 0 aliphatic carbocycles. The standard InChI is InChI=1S/C22H26Cl2O3Si/c1-22(2,3)28(4,5)27-21-19-17(25-14-13-23)7-6-8-18(19)26-20(21)15-9-11-16(24)12-10-15/h6-12H,13-14H2,1-5H3. The maximum absolute atomic E-state index is 6.76. The summed E-state index contributed by atoms with van der Waals surface area (Å²) in [5.41, 5.74) is 1.64. The van der Waals surface area contributed by atoms with Gasteiger partial charge in [-0.2, -0.15) is 0 Å². The highest BCUT2D eigenvalue weighted by molar-refractivity contribution is 6.74.